The number of amides is 2. The SMILES string of the molecule is CC(C)C1NC(=O)CN(c2c(F)cccc2Cl)C1=O. The molecule has 0 aromatic heterocycles. The third-order valence-corrected chi connectivity index (χ3v) is 3.33. The second-order valence-electron chi connectivity index (χ2n) is 4.78. The second-order valence-corrected chi connectivity index (χ2v) is 5.19. The van der Waals surface area contributed by atoms with Gasteiger partial charge in [0.1, 0.15) is 18.4 Å². The summed E-state index contributed by atoms with van der Waals surface area (Å²) in [5, 5.41) is 2.72. The number of nitrogens with zero attached hydrogens (tertiary/aromatic N) is 1. The monoisotopic (exact) mass is 284 g/mol. The van der Waals surface area contributed by atoms with E-state index in [1.807, 2.05) is 13.8 Å². The number of anilines is 1. The number of carbonyl (C=O) groups is 2. The molecule has 1 unspecified atom stereocenters. The summed E-state index contributed by atoms with van der Waals surface area (Å²) < 4.78 is 13.9. The Morgan fingerprint density at radius 3 is 2.68 bits per heavy atom. The molecule has 1 N–H and O–H groups in total. The predicted molar refractivity (Wildman–Crippen MR) is 70.5 cm³/mol. The molecular formula is C13H14ClFN2O2. The number of rotatable bonds is 2. The zero-order valence-corrected chi connectivity index (χ0v) is 11.4. The molecule has 19 heavy (non-hydrogen) atoms. The fourth-order valence-electron chi connectivity index (χ4n) is 2.06. The van der Waals surface area contributed by atoms with Crippen molar-refractivity contribution in [3.63, 3.8) is 0 Å². The second kappa shape index (κ2) is 5.17. The number of piperazine rings is 1. The molecule has 1 fully saturated rings. The van der Waals surface area contributed by atoms with E-state index in [-0.39, 0.29) is 35.0 Å². The summed E-state index contributed by atoms with van der Waals surface area (Å²) in [6, 6.07) is 3.50. The molecule has 0 aliphatic carbocycles. The zero-order valence-electron chi connectivity index (χ0n) is 10.6. The van der Waals surface area contributed by atoms with Crippen LogP contribution < -0.4 is 10.2 Å². The molecule has 0 bridgehead atoms. The normalized spacial score (nSPS) is 19.8. The first-order chi connectivity index (χ1) is 8.91. The van der Waals surface area contributed by atoms with Crippen molar-refractivity contribution in [2.75, 3.05) is 11.4 Å². The highest BCUT2D eigenvalue weighted by atomic mass is 35.5. The van der Waals surface area contributed by atoms with Gasteiger partial charge in [0.25, 0.3) is 0 Å². The molecule has 1 aromatic carbocycles. The third kappa shape index (κ3) is 2.56. The Morgan fingerprint density at radius 2 is 2.11 bits per heavy atom. The highest BCUT2D eigenvalue weighted by Crippen LogP contribution is 2.30. The number of para-hydroxylation sites is 1. The number of halogens is 2. The molecular weight excluding hydrogens is 271 g/mol. The lowest BCUT2D eigenvalue weighted by Crippen LogP contribution is -2.60. The summed E-state index contributed by atoms with van der Waals surface area (Å²) in [4.78, 5) is 25.1. The summed E-state index contributed by atoms with van der Waals surface area (Å²) in [7, 11) is 0. The first kappa shape index (κ1) is 13.8. The molecule has 1 atom stereocenters. The predicted octanol–water partition coefficient (Wildman–Crippen LogP) is 1.97. The van der Waals surface area contributed by atoms with Crippen molar-refractivity contribution >= 4 is 29.1 Å². The van der Waals surface area contributed by atoms with Crippen LogP contribution in [0.2, 0.25) is 5.02 Å². The fourth-order valence-corrected chi connectivity index (χ4v) is 2.32. The lowest BCUT2D eigenvalue weighted by Gasteiger charge is -2.34. The number of carbonyl (C=O) groups excluding carboxylic acids is 2. The van der Waals surface area contributed by atoms with Crippen molar-refractivity contribution in [3.8, 4) is 0 Å². The van der Waals surface area contributed by atoms with Crippen LogP contribution in [-0.2, 0) is 9.59 Å². The average Bonchev–Trinajstić information content (AvgIpc) is 2.32. The van der Waals surface area contributed by atoms with E-state index in [1.54, 1.807) is 0 Å². The van der Waals surface area contributed by atoms with Crippen molar-refractivity contribution in [1.29, 1.82) is 0 Å². The minimum absolute atomic E-state index is 0.0327. The van der Waals surface area contributed by atoms with Gasteiger partial charge in [-0.05, 0) is 18.1 Å². The topological polar surface area (TPSA) is 49.4 Å². The number of hydrogen-bond donors (Lipinski definition) is 1. The van der Waals surface area contributed by atoms with Gasteiger partial charge < -0.3 is 5.32 Å². The summed E-state index contributed by atoms with van der Waals surface area (Å²) in [6.45, 7) is 3.41. The molecule has 102 valence electrons. The van der Waals surface area contributed by atoms with E-state index in [2.05, 4.69) is 5.32 Å². The van der Waals surface area contributed by atoms with Gasteiger partial charge in [-0.1, -0.05) is 31.5 Å². The van der Waals surface area contributed by atoms with Crippen LogP contribution in [0.4, 0.5) is 10.1 Å². The van der Waals surface area contributed by atoms with E-state index in [4.69, 9.17) is 11.6 Å². The van der Waals surface area contributed by atoms with Gasteiger partial charge in [0.2, 0.25) is 11.8 Å². The van der Waals surface area contributed by atoms with Crippen LogP contribution in [-0.4, -0.2) is 24.4 Å². The smallest absolute Gasteiger partial charge is 0.250 e. The minimum atomic E-state index is -0.656. The van der Waals surface area contributed by atoms with Crippen molar-refractivity contribution in [2.45, 2.75) is 19.9 Å². The van der Waals surface area contributed by atoms with Gasteiger partial charge in [-0.3, -0.25) is 14.5 Å². The summed E-state index contributed by atoms with van der Waals surface area (Å²) in [5.74, 6) is -1.36. The van der Waals surface area contributed by atoms with Crippen molar-refractivity contribution in [3.05, 3.63) is 29.0 Å². The van der Waals surface area contributed by atoms with Gasteiger partial charge in [-0.15, -0.1) is 0 Å². The first-order valence-electron chi connectivity index (χ1n) is 5.96. The number of hydrogen-bond acceptors (Lipinski definition) is 2. The van der Waals surface area contributed by atoms with Gasteiger partial charge >= 0.3 is 0 Å². The van der Waals surface area contributed by atoms with Crippen LogP contribution in [0.15, 0.2) is 18.2 Å². The molecule has 0 saturated carbocycles. The highest BCUT2D eigenvalue weighted by Gasteiger charge is 2.37. The Bertz CT molecular complexity index is 513. The summed E-state index contributed by atoms with van der Waals surface area (Å²) in [5.41, 5.74) is -0.0327. The highest BCUT2D eigenvalue weighted by molar-refractivity contribution is 6.34. The van der Waals surface area contributed by atoms with Crippen molar-refractivity contribution in [1.82, 2.24) is 5.32 Å². The molecule has 1 heterocycles. The Kier molecular flexibility index (Phi) is 3.75. The van der Waals surface area contributed by atoms with E-state index in [9.17, 15) is 14.0 Å². The maximum Gasteiger partial charge on any atom is 0.250 e. The van der Waals surface area contributed by atoms with E-state index < -0.39 is 11.9 Å². The quantitative estimate of drug-likeness (QED) is 0.903. The zero-order chi connectivity index (χ0) is 14.2. The molecule has 1 saturated heterocycles. The van der Waals surface area contributed by atoms with Crippen LogP contribution in [0.5, 0.6) is 0 Å². The van der Waals surface area contributed by atoms with Crippen LogP contribution in [0, 0.1) is 11.7 Å². The minimum Gasteiger partial charge on any atom is -0.342 e. The fraction of sp³-hybridized carbons (Fsp3) is 0.385. The third-order valence-electron chi connectivity index (χ3n) is 3.02. The number of benzene rings is 1. The molecule has 1 aliphatic heterocycles. The Labute approximate surface area is 115 Å². The van der Waals surface area contributed by atoms with Crippen LogP contribution in [0.1, 0.15) is 13.8 Å². The summed E-state index contributed by atoms with van der Waals surface area (Å²) >= 11 is 5.94. The van der Waals surface area contributed by atoms with Crippen LogP contribution in [0.3, 0.4) is 0 Å². The van der Waals surface area contributed by atoms with Gasteiger partial charge in [0.05, 0.1) is 10.7 Å². The molecule has 2 amide bonds. The standard InChI is InChI=1S/C13H14ClFN2O2/c1-7(2)11-13(19)17(6-10(18)16-11)12-8(14)4-3-5-9(12)15/h3-5,7,11H,6H2,1-2H3,(H,16,18). The van der Waals surface area contributed by atoms with Crippen LogP contribution >= 0.6 is 11.6 Å². The molecule has 4 nitrogen and oxygen atoms in total. The van der Waals surface area contributed by atoms with E-state index in [0.717, 1.165) is 4.90 Å². The van der Waals surface area contributed by atoms with E-state index in [0.29, 0.717) is 0 Å². The Hall–Kier alpha value is -1.62. The number of nitrogens with one attached hydrogen (secondary N) is 1. The van der Waals surface area contributed by atoms with Gasteiger partial charge in [0.15, 0.2) is 0 Å². The molecule has 2 rings (SSSR count). The maximum absolute atomic E-state index is 13.9. The van der Waals surface area contributed by atoms with Gasteiger partial charge in [-0.25, -0.2) is 4.39 Å². The van der Waals surface area contributed by atoms with Gasteiger partial charge in [-0.2, -0.15) is 0 Å². The Balaban J connectivity index is 2.43. The lowest BCUT2D eigenvalue weighted by molar-refractivity contribution is -0.132. The molecule has 0 radical (unpaired) electrons. The molecule has 0 spiro atoms. The van der Waals surface area contributed by atoms with Crippen molar-refractivity contribution in [2.24, 2.45) is 5.92 Å². The average molecular weight is 285 g/mol. The lowest BCUT2D eigenvalue weighted by atomic mass is 10.0. The summed E-state index contributed by atoms with van der Waals surface area (Å²) in [6.07, 6.45) is 0. The molecule has 1 aliphatic rings. The van der Waals surface area contributed by atoms with Crippen LogP contribution in [0.25, 0.3) is 0 Å². The maximum atomic E-state index is 13.9. The largest absolute Gasteiger partial charge is 0.342 e. The Morgan fingerprint density at radius 1 is 1.42 bits per heavy atom. The first-order valence-corrected chi connectivity index (χ1v) is 6.34. The van der Waals surface area contributed by atoms with Gasteiger partial charge in [0, 0.05) is 0 Å². The molecule has 1 aromatic rings. The van der Waals surface area contributed by atoms with Crippen molar-refractivity contribution < 1.29 is 14.0 Å². The van der Waals surface area contributed by atoms with E-state index in [1.165, 1.54) is 18.2 Å². The molecule has 6 heteroatoms. The van der Waals surface area contributed by atoms with E-state index >= 15 is 0 Å².